The molecule has 0 aliphatic carbocycles. The molecule has 0 N–H and O–H groups in total. The lowest BCUT2D eigenvalue weighted by molar-refractivity contribution is 0.114. The first-order valence-corrected chi connectivity index (χ1v) is 10.3. The Morgan fingerprint density at radius 1 is 0.824 bits per heavy atom. The molecule has 0 aromatic heterocycles. The van der Waals surface area contributed by atoms with Crippen molar-refractivity contribution in [3.05, 3.63) is 0 Å². The fourth-order valence-electron chi connectivity index (χ4n) is 2.71. The Morgan fingerprint density at radius 3 is 1.65 bits per heavy atom. The third kappa shape index (κ3) is 5.56. The highest BCUT2D eigenvalue weighted by Crippen LogP contribution is 2.29. The van der Waals surface area contributed by atoms with Crippen LogP contribution in [-0.4, -0.2) is 14.4 Å². The Balaban J connectivity index is 4.59. The highest BCUT2D eigenvalue weighted by atomic mass is 28.4. The molecule has 0 aromatic carbocycles. The minimum absolute atomic E-state index is 0.520. The molecule has 2 atom stereocenters. The molecule has 0 aliphatic heterocycles. The second kappa shape index (κ2) is 9.15. The zero-order valence-corrected chi connectivity index (χ0v) is 14.0. The van der Waals surface area contributed by atoms with E-state index in [9.17, 15) is 0 Å². The van der Waals surface area contributed by atoms with Gasteiger partial charge in [0.15, 0.2) is 8.32 Å². The van der Waals surface area contributed by atoms with Gasteiger partial charge in [0.05, 0.1) is 0 Å². The monoisotopic (exact) mass is 258 g/mol. The summed E-state index contributed by atoms with van der Waals surface area (Å²) in [5.41, 5.74) is 0. The molecule has 0 heterocycles. The quantitative estimate of drug-likeness (QED) is 0.463. The van der Waals surface area contributed by atoms with Crippen molar-refractivity contribution in [3.63, 3.8) is 0 Å². The molecule has 1 nitrogen and oxygen atoms in total. The Labute approximate surface area is 110 Å². The first-order chi connectivity index (χ1) is 8.09. The van der Waals surface area contributed by atoms with Crippen LogP contribution in [0.4, 0.5) is 0 Å². The average molecular weight is 259 g/mol. The van der Waals surface area contributed by atoms with Crippen LogP contribution in [0.2, 0.25) is 18.1 Å². The molecule has 0 aromatic rings. The largest absolute Gasteiger partial charge is 0.414 e. The topological polar surface area (TPSA) is 9.23 Å². The molecule has 0 amide bonds. The van der Waals surface area contributed by atoms with Crippen LogP contribution >= 0.6 is 0 Å². The van der Waals surface area contributed by atoms with E-state index < -0.39 is 8.32 Å². The molecule has 0 radical (unpaired) electrons. The van der Waals surface area contributed by atoms with Gasteiger partial charge in [0.1, 0.15) is 0 Å². The zero-order valence-electron chi connectivity index (χ0n) is 13.0. The normalized spacial score (nSPS) is 15.9. The standard InChI is InChI=1S/C15H34OSi/c1-7-12-14(6)15(13-8-2)16-17(9-3,10-4)11-5/h14-15H,7-13H2,1-6H3/t14-,15+/m0/s1. The van der Waals surface area contributed by atoms with Crippen molar-refractivity contribution < 1.29 is 4.43 Å². The van der Waals surface area contributed by atoms with Crippen molar-refractivity contribution in [2.45, 2.75) is 91.5 Å². The van der Waals surface area contributed by atoms with Crippen LogP contribution in [0.25, 0.3) is 0 Å². The Morgan fingerprint density at radius 2 is 1.29 bits per heavy atom. The summed E-state index contributed by atoms with van der Waals surface area (Å²) in [5.74, 6) is 0.733. The van der Waals surface area contributed by atoms with Gasteiger partial charge in [-0.1, -0.05) is 54.4 Å². The molecule has 104 valence electrons. The molecule has 0 rings (SSSR count). The van der Waals surface area contributed by atoms with Crippen LogP contribution in [-0.2, 0) is 4.43 Å². The van der Waals surface area contributed by atoms with Crippen LogP contribution in [0.5, 0.6) is 0 Å². The van der Waals surface area contributed by atoms with Crippen LogP contribution in [0.1, 0.15) is 67.2 Å². The van der Waals surface area contributed by atoms with Crippen molar-refractivity contribution in [1.82, 2.24) is 0 Å². The van der Waals surface area contributed by atoms with Gasteiger partial charge in [0, 0.05) is 6.10 Å². The van der Waals surface area contributed by atoms with Crippen LogP contribution in [0, 0.1) is 5.92 Å². The average Bonchev–Trinajstić information content (AvgIpc) is 2.35. The highest BCUT2D eigenvalue weighted by Gasteiger charge is 2.33. The second-order valence-electron chi connectivity index (χ2n) is 5.45. The summed E-state index contributed by atoms with van der Waals surface area (Å²) in [6.45, 7) is 13.9. The van der Waals surface area contributed by atoms with Gasteiger partial charge in [-0.15, -0.1) is 0 Å². The van der Waals surface area contributed by atoms with E-state index in [4.69, 9.17) is 4.43 Å². The van der Waals surface area contributed by atoms with Crippen molar-refractivity contribution in [3.8, 4) is 0 Å². The summed E-state index contributed by atoms with van der Waals surface area (Å²) >= 11 is 0. The molecule has 17 heavy (non-hydrogen) atoms. The Hall–Kier alpha value is 0.177. The van der Waals surface area contributed by atoms with Crippen LogP contribution < -0.4 is 0 Å². The van der Waals surface area contributed by atoms with Crippen molar-refractivity contribution in [1.29, 1.82) is 0 Å². The summed E-state index contributed by atoms with van der Waals surface area (Å²) in [6.07, 6.45) is 5.61. The number of hydrogen-bond donors (Lipinski definition) is 0. The third-order valence-corrected chi connectivity index (χ3v) is 8.96. The summed E-state index contributed by atoms with van der Waals surface area (Å²) in [5, 5.41) is 0. The van der Waals surface area contributed by atoms with E-state index in [1.165, 1.54) is 43.8 Å². The summed E-state index contributed by atoms with van der Waals surface area (Å²) in [7, 11) is -1.41. The maximum atomic E-state index is 6.68. The second-order valence-corrected chi connectivity index (χ2v) is 10.2. The number of rotatable bonds is 10. The minimum atomic E-state index is -1.41. The van der Waals surface area contributed by atoms with Gasteiger partial charge >= 0.3 is 0 Å². The zero-order chi connectivity index (χ0) is 13.3. The van der Waals surface area contributed by atoms with Gasteiger partial charge in [0.2, 0.25) is 0 Å². The van der Waals surface area contributed by atoms with E-state index in [-0.39, 0.29) is 0 Å². The lowest BCUT2D eigenvalue weighted by Crippen LogP contribution is -2.42. The van der Waals surface area contributed by atoms with Crippen molar-refractivity contribution in [2.75, 3.05) is 0 Å². The molecule has 0 unspecified atom stereocenters. The van der Waals surface area contributed by atoms with Crippen LogP contribution in [0.3, 0.4) is 0 Å². The van der Waals surface area contributed by atoms with E-state index in [1.807, 2.05) is 0 Å². The van der Waals surface area contributed by atoms with Crippen LogP contribution in [0.15, 0.2) is 0 Å². The van der Waals surface area contributed by atoms with E-state index in [1.54, 1.807) is 0 Å². The molecule has 0 aliphatic rings. The first-order valence-electron chi connectivity index (χ1n) is 7.76. The molecule has 0 fully saturated rings. The van der Waals surface area contributed by atoms with Gasteiger partial charge in [-0.2, -0.15) is 0 Å². The molecule has 0 saturated heterocycles. The molecule has 0 spiro atoms. The van der Waals surface area contributed by atoms with E-state index in [2.05, 4.69) is 41.5 Å². The third-order valence-electron chi connectivity index (χ3n) is 4.29. The van der Waals surface area contributed by atoms with Gasteiger partial charge in [-0.3, -0.25) is 0 Å². The minimum Gasteiger partial charge on any atom is -0.414 e. The van der Waals surface area contributed by atoms with Gasteiger partial charge in [-0.25, -0.2) is 0 Å². The predicted molar refractivity (Wildman–Crippen MR) is 81.1 cm³/mol. The van der Waals surface area contributed by atoms with Gasteiger partial charge in [0.25, 0.3) is 0 Å². The number of hydrogen-bond acceptors (Lipinski definition) is 1. The Bertz CT molecular complexity index is 169. The van der Waals surface area contributed by atoms with Crippen molar-refractivity contribution in [2.24, 2.45) is 5.92 Å². The lowest BCUT2D eigenvalue weighted by Gasteiger charge is -2.36. The first kappa shape index (κ1) is 17.2. The summed E-state index contributed by atoms with van der Waals surface area (Å²) in [4.78, 5) is 0. The van der Waals surface area contributed by atoms with E-state index >= 15 is 0 Å². The Kier molecular flexibility index (Phi) is 9.25. The fourth-order valence-corrected chi connectivity index (χ4v) is 5.70. The van der Waals surface area contributed by atoms with Crippen molar-refractivity contribution >= 4 is 8.32 Å². The fraction of sp³-hybridized carbons (Fsp3) is 1.00. The molecule has 0 saturated carbocycles. The van der Waals surface area contributed by atoms with E-state index in [0.29, 0.717) is 6.10 Å². The lowest BCUT2D eigenvalue weighted by atomic mass is 9.96. The maximum absolute atomic E-state index is 6.68. The SMILES string of the molecule is CCC[C@H](C)[C@@H](CCC)O[Si](CC)(CC)CC. The van der Waals surface area contributed by atoms with Gasteiger partial charge in [-0.05, 0) is 36.9 Å². The smallest absolute Gasteiger partial charge is 0.192 e. The molecule has 0 bridgehead atoms. The van der Waals surface area contributed by atoms with Gasteiger partial charge < -0.3 is 4.43 Å². The van der Waals surface area contributed by atoms with E-state index in [0.717, 1.165) is 5.92 Å². The maximum Gasteiger partial charge on any atom is 0.192 e. The molecular weight excluding hydrogens is 224 g/mol. The molecular formula is C15H34OSi. The predicted octanol–water partition coefficient (Wildman–Crippen LogP) is 5.61. The summed E-state index contributed by atoms with van der Waals surface area (Å²) < 4.78 is 6.68. The molecule has 2 heteroatoms. The summed E-state index contributed by atoms with van der Waals surface area (Å²) in [6, 6.07) is 3.83. The highest BCUT2D eigenvalue weighted by molar-refractivity contribution is 6.73.